The molecule has 128 valence electrons. The van der Waals surface area contributed by atoms with Crippen LogP contribution < -0.4 is 0 Å². The Morgan fingerprint density at radius 3 is 2.58 bits per heavy atom. The van der Waals surface area contributed by atoms with Crippen molar-refractivity contribution in [3.63, 3.8) is 0 Å². The summed E-state index contributed by atoms with van der Waals surface area (Å²) in [6.07, 6.45) is 2.32. The van der Waals surface area contributed by atoms with E-state index in [4.69, 9.17) is 16.1 Å². The summed E-state index contributed by atoms with van der Waals surface area (Å²) in [6, 6.07) is 7.69. The van der Waals surface area contributed by atoms with Gasteiger partial charge in [0.15, 0.2) is 5.82 Å². The van der Waals surface area contributed by atoms with Gasteiger partial charge in [-0.25, -0.2) is 4.79 Å². The minimum absolute atomic E-state index is 0.0578. The maximum atomic E-state index is 12.0. The molecule has 0 bridgehead atoms. The van der Waals surface area contributed by atoms with Gasteiger partial charge in [0.2, 0.25) is 5.89 Å². The highest BCUT2D eigenvalue weighted by Crippen LogP contribution is 2.27. The van der Waals surface area contributed by atoms with E-state index < -0.39 is 0 Å². The van der Waals surface area contributed by atoms with Crippen molar-refractivity contribution in [1.29, 1.82) is 0 Å². The van der Waals surface area contributed by atoms with Gasteiger partial charge in [-0.2, -0.15) is 4.98 Å². The van der Waals surface area contributed by atoms with Crippen LogP contribution in [-0.2, 0) is 6.42 Å². The molecule has 0 unspecified atom stereocenters. The summed E-state index contributed by atoms with van der Waals surface area (Å²) < 4.78 is 5.44. The summed E-state index contributed by atoms with van der Waals surface area (Å²) in [7, 11) is 3.55. The van der Waals surface area contributed by atoms with Crippen molar-refractivity contribution in [1.82, 2.24) is 19.9 Å². The number of carbonyl (C=O) groups is 1. The highest BCUT2D eigenvalue weighted by molar-refractivity contribution is 6.30. The van der Waals surface area contributed by atoms with E-state index in [1.54, 1.807) is 19.0 Å². The Morgan fingerprint density at radius 2 is 1.96 bits per heavy atom. The van der Waals surface area contributed by atoms with Crippen molar-refractivity contribution in [3.8, 4) is 0 Å². The zero-order chi connectivity index (χ0) is 17.1. The topological polar surface area (TPSA) is 62.5 Å². The molecule has 2 amide bonds. The monoisotopic (exact) mass is 348 g/mol. The zero-order valence-corrected chi connectivity index (χ0v) is 14.7. The smallest absolute Gasteiger partial charge is 0.319 e. The number of likely N-dealkylation sites (tertiary alicyclic amines) is 1. The molecule has 24 heavy (non-hydrogen) atoms. The number of piperidine rings is 1. The van der Waals surface area contributed by atoms with Crippen LogP contribution in [0.15, 0.2) is 28.8 Å². The normalized spacial score (nSPS) is 15.5. The molecule has 0 spiro atoms. The number of carbonyl (C=O) groups excluding carboxylic acids is 1. The van der Waals surface area contributed by atoms with Crippen molar-refractivity contribution in [2.24, 2.45) is 0 Å². The van der Waals surface area contributed by atoms with Gasteiger partial charge in [0.1, 0.15) is 0 Å². The third kappa shape index (κ3) is 3.87. The molecule has 7 heteroatoms. The first kappa shape index (κ1) is 16.8. The van der Waals surface area contributed by atoms with Gasteiger partial charge < -0.3 is 14.3 Å². The Kier molecular flexibility index (Phi) is 5.04. The average Bonchev–Trinajstić information content (AvgIpc) is 3.05. The van der Waals surface area contributed by atoms with E-state index in [1.165, 1.54) is 0 Å². The van der Waals surface area contributed by atoms with Gasteiger partial charge in [-0.05, 0) is 30.5 Å². The maximum Gasteiger partial charge on any atom is 0.319 e. The number of urea groups is 1. The van der Waals surface area contributed by atoms with Gasteiger partial charge in [0.25, 0.3) is 0 Å². The number of amides is 2. The van der Waals surface area contributed by atoms with Gasteiger partial charge in [0, 0.05) is 44.5 Å². The first-order valence-electron chi connectivity index (χ1n) is 8.06. The lowest BCUT2D eigenvalue weighted by Gasteiger charge is -2.32. The summed E-state index contributed by atoms with van der Waals surface area (Å²) >= 11 is 5.89. The van der Waals surface area contributed by atoms with Crippen LogP contribution in [0.3, 0.4) is 0 Å². The number of benzene rings is 1. The van der Waals surface area contributed by atoms with Crippen LogP contribution >= 0.6 is 11.6 Å². The number of rotatable bonds is 3. The number of hydrogen-bond donors (Lipinski definition) is 0. The Labute approximate surface area is 146 Å². The third-order valence-corrected chi connectivity index (χ3v) is 4.51. The van der Waals surface area contributed by atoms with Crippen LogP contribution in [0.4, 0.5) is 4.79 Å². The van der Waals surface area contributed by atoms with Crippen molar-refractivity contribution >= 4 is 17.6 Å². The predicted molar refractivity (Wildman–Crippen MR) is 91.2 cm³/mol. The Hall–Kier alpha value is -2.08. The second-order valence-electron chi connectivity index (χ2n) is 6.29. The van der Waals surface area contributed by atoms with Crippen molar-refractivity contribution in [2.45, 2.75) is 25.2 Å². The number of hydrogen-bond acceptors (Lipinski definition) is 4. The Balaban J connectivity index is 1.58. The molecule has 1 aliphatic rings. The first-order valence-corrected chi connectivity index (χ1v) is 8.44. The average molecular weight is 349 g/mol. The lowest BCUT2D eigenvalue weighted by atomic mass is 9.97. The van der Waals surface area contributed by atoms with Crippen LogP contribution in [0.1, 0.15) is 36.0 Å². The van der Waals surface area contributed by atoms with Crippen LogP contribution in [0.2, 0.25) is 5.02 Å². The molecule has 2 aromatic rings. The summed E-state index contributed by atoms with van der Waals surface area (Å²) in [5.41, 5.74) is 1.10. The van der Waals surface area contributed by atoms with E-state index in [-0.39, 0.29) is 11.9 Å². The Bertz CT molecular complexity index is 691. The SMILES string of the molecule is CN(C)C(=O)N1CCC(c2nc(Cc3ccc(Cl)cc3)no2)CC1. The molecule has 1 aromatic carbocycles. The van der Waals surface area contributed by atoms with E-state index in [0.29, 0.717) is 23.2 Å². The molecule has 1 fully saturated rings. The Morgan fingerprint density at radius 1 is 1.29 bits per heavy atom. The van der Waals surface area contributed by atoms with E-state index >= 15 is 0 Å². The van der Waals surface area contributed by atoms with Crippen molar-refractivity contribution in [2.75, 3.05) is 27.2 Å². The molecule has 2 heterocycles. The molecule has 6 nitrogen and oxygen atoms in total. The molecule has 0 saturated carbocycles. The van der Waals surface area contributed by atoms with E-state index in [1.807, 2.05) is 29.2 Å². The van der Waals surface area contributed by atoms with Crippen molar-refractivity contribution < 1.29 is 9.32 Å². The van der Waals surface area contributed by atoms with Crippen LogP contribution in [-0.4, -0.2) is 53.2 Å². The molecule has 1 aromatic heterocycles. The predicted octanol–water partition coefficient (Wildman–Crippen LogP) is 3.17. The number of nitrogens with zero attached hydrogens (tertiary/aromatic N) is 4. The summed E-state index contributed by atoms with van der Waals surface area (Å²) in [5.74, 6) is 1.58. The molecular formula is C17H21ClN4O2. The van der Waals surface area contributed by atoms with E-state index in [2.05, 4.69) is 10.1 Å². The standard InChI is InChI=1S/C17H21ClN4O2/c1-21(2)17(23)22-9-7-13(8-10-22)16-19-15(20-24-16)11-12-3-5-14(18)6-4-12/h3-6,13H,7-11H2,1-2H3. The molecule has 1 aliphatic heterocycles. The summed E-state index contributed by atoms with van der Waals surface area (Å²) in [6.45, 7) is 1.44. The summed E-state index contributed by atoms with van der Waals surface area (Å²) in [5, 5.41) is 4.80. The molecule has 0 N–H and O–H groups in total. The summed E-state index contributed by atoms with van der Waals surface area (Å²) in [4.78, 5) is 20.0. The van der Waals surface area contributed by atoms with Gasteiger partial charge >= 0.3 is 6.03 Å². The number of aromatic nitrogens is 2. The van der Waals surface area contributed by atoms with Gasteiger partial charge in [-0.15, -0.1) is 0 Å². The zero-order valence-electron chi connectivity index (χ0n) is 13.9. The van der Waals surface area contributed by atoms with Gasteiger partial charge in [-0.1, -0.05) is 28.9 Å². The van der Waals surface area contributed by atoms with E-state index in [0.717, 1.165) is 31.5 Å². The molecule has 0 aliphatic carbocycles. The molecule has 0 radical (unpaired) electrons. The molecular weight excluding hydrogens is 328 g/mol. The quantitative estimate of drug-likeness (QED) is 0.854. The fraction of sp³-hybridized carbons (Fsp3) is 0.471. The highest BCUT2D eigenvalue weighted by Gasteiger charge is 2.28. The van der Waals surface area contributed by atoms with E-state index in [9.17, 15) is 4.79 Å². The molecule has 0 atom stereocenters. The fourth-order valence-electron chi connectivity index (χ4n) is 2.89. The maximum absolute atomic E-state index is 12.0. The third-order valence-electron chi connectivity index (χ3n) is 4.26. The minimum Gasteiger partial charge on any atom is -0.339 e. The lowest BCUT2D eigenvalue weighted by molar-refractivity contribution is 0.152. The van der Waals surface area contributed by atoms with Crippen LogP contribution in [0.25, 0.3) is 0 Å². The molecule has 3 rings (SSSR count). The van der Waals surface area contributed by atoms with Crippen molar-refractivity contribution in [3.05, 3.63) is 46.6 Å². The highest BCUT2D eigenvalue weighted by atomic mass is 35.5. The fourth-order valence-corrected chi connectivity index (χ4v) is 3.02. The second-order valence-corrected chi connectivity index (χ2v) is 6.73. The van der Waals surface area contributed by atoms with Gasteiger partial charge in [0.05, 0.1) is 0 Å². The van der Waals surface area contributed by atoms with Crippen LogP contribution in [0.5, 0.6) is 0 Å². The van der Waals surface area contributed by atoms with Gasteiger partial charge in [-0.3, -0.25) is 0 Å². The lowest BCUT2D eigenvalue weighted by Crippen LogP contribution is -2.43. The molecule has 1 saturated heterocycles. The minimum atomic E-state index is 0.0578. The van der Waals surface area contributed by atoms with Crippen LogP contribution in [0, 0.1) is 0 Å². The second kappa shape index (κ2) is 7.21. The largest absolute Gasteiger partial charge is 0.339 e. The first-order chi connectivity index (χ1) is 11.5. The number of halogens is 1.